The minimum atomic E-state index is -3.75. The fourth-order valence-corrected chi connectivity index (χ4v) is 4.52. The van der Waals surface area contributed by atoms with Gasteiger partial charge in [0.1, 0.15) is 5.82 Å². The zero-order valence-electron chi connectivity index (χ0n) is 18.1. The number of sulfonamides is 1. The number of hydrogen-bond acceptors (Lipinski definition) is 8. The van der Waals surface area contributed by atoms with E-state index >= 15 is 0 Å². The van der Waals surface area contributed by atoms with E-state index in [0.717, 1.165) is 16.3 Å². The van der Waals surface area contributed by atoms with Gasteiger partial charge in [-0.25, -0.2) is 17.8 Å². The van der Waals surface area contributed by atoms with Gasteiger partial charge in [0.15, 0.2) is 5.82 Å². The summed E-state index contributed by atoms with van der Waals surface area (Å²) >= 11 is 0. The van der Waals surface area contributed by atoms with Crippen molar-refractivity contribution in [2.75, 3.05) is 23.3 Å². The Bertz CT molecular complexity index is 1270. The minimum absolute atomic E-state index is 0.0411. The Hall–Kier alpha value is -3.64. The van der Waals surface area contributed by atoms with Gasteiger partial charge in [-0.3, -0.25) is 14.5 Å². The lowest BCUT2D eigenvalue weighted by Gasteiger charge is -2.14. The third-order valence-electron chi connectivity index (χ3n) is 5.06. The van der Waals surface area contributed by atoms with Crippen LogP contribution < -0.4 is 14.9 Å². The standard InChI is InChI=1S/C21H23N7O4S/c1-14-13-15(2)28(26-14)19-8-7-18(24-25-19)22-11-12-23-33(31,32)17-5-3-16(4-6-17)27-20(29)9-10-21(27)30/h3-8,13,23H,9-12H2,1-2H3,(H,22,24). The molecule has 1 aromatic carbocycles. The molecule has 0 radical (unpaired) electrons. The quantitative estimate of drug-likeness (QED) is 0.372. The molecular formula is C21H23N7O4S. The van der Waals surface area contributed by atoms with E-state index in [1.165, 1.54) is 24.3 Å². The lowest BCUT2D eigenvalue weighted by atomic mass is 10.3. The van der Waals surface area contributed by atoms with E-state index in [-0.39, 0.29) is 36.1 Å². The summed E-state index contributed by atoms with van der Waals surface area (Å²) < 4.78 is 29.2. The summed E-state index contributed by atoms with van der Waals surface area (Å²) in [7, 11) is -3.75. The zero-order chi connectivity index (χ0) is 23.6. The van der Waals surface area contributed by atoms with Crippen molar-refractivity contribution >= 4 is 33.3 Å². The Morgan fingerprint density at radius 1 is 0.939 bits per heavy atom. The number of nitrogens with one attached hydrogen (secondary N) is 2. The topological polar surface area (TPSA) is 139 Å². The molecule has 1 fully saturated rings. The second kappa shape index (κ2) is 9.08. The average molecular weight is 470 g/mol. The third kappa shape index (κ3) is 4.91. The molecule has 1 aliphatic rings. The third-order valence-corrected chi connectivity index (χ3v) is 6.53. The fourth-order valence-electron chi connectivity index (χ4n) is 3.49. The summed E-state index contributed by atoms with van der Waals surface area (Å²) in [6.07, 6.45) is 0.339. The predicted octanol–water partition coefficient (Wildman–Crippen LogP) is 1.32. The van der Waals surface area contributed by atoms with E-state index in [1.54, 1.807) is 16.8 Å². The molecule has 172 valence electrons. The van der Waals surface area contributed by atoms with Gasteiger partial charge >= 0.3 is 0 Å². The van der Waals surface area contributed by atoms with Gasteiger partial charge in [0.05, 0.1) is 16.3 Å². The summed E-state index contributed by atoms with van der Waals surface area (Å²) in [6, 6.07) is 11.1. The highest BCUT2D eigenvalue weighted by atomic mass is 32.2. The first kappa shape index (κ1) is 22.6. The van der Waals surface area contributed by atoms with Gasteiger partial charge in [-0.1, -0.05) is 0 Å². The van der Waals surface area contributed by atoms with Crippen LogP contribution in [0.5, 0.6) is 0 Å². The first-order valence-electron chi connectivity index (χ1n) is 10.3. The molecule has 1 aliphatic heterocycles. The van der Waals surface area contributed by atoms with Crippen LogP contribution in [-0.4, -0.2) is 53.3 Å². The second-order valence-electron chi connectivity index (χ2n) is 7.56. The SMILES string of the molecule is Cc1cc(C)n(-c2ccc(NCCNS(=O)(=O)c3ccc(N4C(=O)CCC4=O)cc3)nn2)n1. The summed E-state index contributed by atoms with van der Waals surface area (Å²) in [5, 5.41) is 15.6. The molecule has 11 nitrogen and oxygen atoms in total. The monoisotopic (exact) mass is 469 g/mol. The van der Waals surface area contributed by atoms with Crippen LogP contribution in [0.1, 0.15) is 24.2 Å². The highest BCUT2D eigenvalue weighted by molar-refractivity contribution is 7.89. The number of aromatic nitrogens is 4. The largest absolute Gasteiger partial charge is 0.367 e. The maximum Gasteiger partial charge on any atom is 0.240 e. The molecule has 2 amide bonds. The number of anilines is 2. The number of carbonyl (C=O) groups is 2. The molecule has 4 rings (SSSR count). The molecule has 0 saturated carbocycles. The van der Waals surface area contributed by atoms with Crippen LogP contribution in [0.25, 0.3) is 5.82 Å². The van der Waals surface area contributed by atoms with Crippen LogP contribution in [-0.2, 0) is 19.6 Å². The molecule has 0 bridgehead atoms. The molecule has 2 N–H and O–H groups in total. The molecule has 0 spiro atoms. The van der Waals surface area contributed by atoms with Crippen molar-refractivity contribution in [1.82, 2.24) is 24.7 Å². The summed E-state index contributed by atoms with van der Waals surface area (Å²) in [5.74, 6) is 0.521. The Labute approximate surface area is 190 Å². The van der Waals surface area contributed by atoms with E-state index in [9.17, 15) is 18.0 Å². The highest BCUT2D eigenvalue weighted by Crippen LogP contribution is 2.23. The summed E-state index contributed by atoms with van der Waals surface area (Å²) in [6.45, 7) is 4.24. The fraction of sp³-hybridized carbons (Fsp3) is 0.286. The number of benzene rings is 1. The van der Waals surface area contributed by atoms with Crippen LogP contribution in [0.15, 0.2) is 47.4 Å². The minimum Gasteiger partial charge on any atom is -0.367 e. The molecular weight excluding hydrogens is 446 g/mol. The van der Waals surface area contributed by atoms with E-state index in [4.69, 9.17) is 0 Å². The van der Waals surface area contributed by atoms with Crippen LogP contribution >= 0.6 is 0 Å². The van der Waals surface area contributed by atoms with Gasteiger partial charge in [-0.15, -0.1) is 10.2 Å². The Morgan fingerprint density at radius 2 is 1.64 bits per heavy atom. The van der Waals surface area contributed by atoms with Gasteiger partial charge in [0.2, 0.25) is 21.8 Å². The van der Waals surface area contributed by atoms with Crippen molar-refractivity contribution in [3.05, 3.63) is 53.9 Å². The van der Waals surface area contributed by atoms with Crippen molar-refractivity contribution < 1.29 is 18.0 Å². The number of hydrogen-bond donors (Lipinski definition) is 2. The highest BCUT2D eigenvalue weighted by Gasteiger charge is 2.30. The first-order valence-corrected chi connectivity index (χ1v) is 11.8. The van der Waals surface area contributed by atoms with E-state index in [1.807, 2.05) is 19.9 Å². The molecule has 0 unspecified atom stereocenters. The van der Waals surface area contributed by atoms with Crippen molar-refractivity contribution in [3.63, 3.8) is 0 Å². The van der Waals surface area contributed by atoms with Crippen LogP contribution in [0, 0.1) is 13.8 Å². The number of rotatable bonds is 8. The molecule has 3 heterocycles. The molecule has 33 heavy (non-hydrogen) atoms. The van der Waals surface area contributed by atoms with Crippen molar-refractivity contribution in [3.8, 4) is 5.82 Å². The van der Waals surface area contributed by atoms with Gasteiger partial charge in [-0.2, -0.15) is 5.10 Å². The average Bonchev–Trinajstić information content (AvgIpc) is 3.31. The van der Waals surface area contributed by atoms with Crippen molar-refractivity contribution in [1.29, 1.82) is 0 Å². The maximum atomic E-state index is 12.5. The normalized spacial score (nSPS) is 14.2. The predicted molar refractivity (Wildman–Crippen MR) is 120 cm³/mol. The van der Waals surface area contributed by atoms with Crippen LogP contribution in [0.2, 0.25) is 0 Å². The van der Waals surface area contributed by atoms with Crippen LogP contribution in [0.3, 0.4) is 0 Å². The van der Waals surface area contributed by atoms with Gasteiger partial charge in [0, 0.05) is 31.6 Å². The molecule has 3 aromatic rings. The number of carbonyl (C=O) groups excluding carboxylic acids is 2. The Balaban J connectivity index is 1.30. The van der Waals surface area contributed by atoms with Crippen LogP contribution in [0.4, 0.5) is 11.5 Å². The first-order chi connectivity index (χ1) is 15.7. The second-order valence-corrected chi connectivity index (χ2v) is 9.32. The van der Waals surface area contributed by atoms with Gasteiger partial charge < -0.3 is 5.32 Å². The molecule has 0 atom stereocenters. The zero-order valence-corrected chi connectivity index (χ0v) is 19.0. The van der Waals surface area contributed by atoms with Gasteiger partial charge in [0.25, 0.3) is 0 Å². The van der Waals surface area contributed by atoms with E-state index in [0.29, 0.717) is 23.9 Å². The van der Waals surface area contributed by atoms with E-state index in [2.05, 4.69) is 25.3 Å². The molecule has 2 aromatic heterocycles. The number of amides is 2. The summed E-state index contributed by atoms with van der Waals surface area (Å²) in [4.78, 5) is 24.8. The lowest BCUT2D eigenvalue weighted by Crippen LogP contribution is -2.30. The van der Waals surface area contributed by atoms with E-state index < -0.39 is 10.0 Å². The smallest absolute Gasteiger partial charge is 0.240 e. The van der Waals surface area contributed by atoms with Crippen molar-refractivity contribution in [2.24, 2.45) is 0 Å². The number of aryl methyl sites for hydroxylation is 2. The Morgan fingerprint density at radius 3 is 2.21 bits per heavy atom. The number of nitrogens with zero attached hydrogens (tertiary/aromatic N) is 5. The molecule has 1 saturated heterocycles. The van der Waals surface area contributed by atoms with Crippen molar-refractivity contribution in [2.45, 2.75) is 31.6 Å². The van der Waals surface area contributed by atoms with Gasteiger partial charge in [-0.05, 0) is 56.3 Å². The maximum absolute atomic E-state index is 12.5. The summed E-state index contributed by atoms with van der Waals surface area (Å²) in [5.41, 5.74) is 2.20. The Kier molecular flexibility index (Phi) is 6.20. The molecule has 12 heteroatoms. The lowest BCUT2D eigenvalue weighted by molar-refractivity contribution is -0.121. The molecule has 0 aliphatic carbocycles. The number of imide groups is 1.